The number of aliphatic hydroxyl groups excluding tert-OH is 5. The zero-order valence-corrected chi connectivity index (χ0v) is 49.1. The van der Waals surface area contributed by atoms with Crippen LogP contribution in [0.2, 0.25) is 0 Å². The van der Waals surface area contributed by atoms with Crippen LogP contribution in [-0.4, -0.2) is 87.5 Å². The minimum atomic E-state index is -1.57. The van der Waals surface area contributed by atoms with Crippen molar-refractivity contribution >= 4 is 5.91 Å². The van der Waals surface area contributed by atoms with Crippen molar-refractivity contribution in [1.82, 2.24) is 5.32 Å². The van der Waals surface area contributed by atoms with E-state index in [0.717, 1.165) is 51.4 Å². The maximum absolute atomic E-state index is 13.1. The van der Waals surface area contributed by atoms with Gasteiger partial charge in [0.05, 0.1) is 25.4 Å². The molecule has 7 unspecified atom stereocenters. The lowest BCUT2D eigenvalue weighted by Gasteiger charge is -2.40. The van der Waals surface area contributed by atoms with Gasteiger partial charge >= 0.3 is 0 Å². The Kier molecular flexibility index (Phi) is 52.6. The number of rotatable bonds is 56. The molecule has 0 aromatic carbocycles. The number of hydrogen-bond acceptors (Lipinski definition) is 8. The van der Waals surface area contributed by atoms with Gasteiger partial charge in [-0.15, -0.1) is 0 Å². The van der Waals surface area contributed by atoms with E-state index in [1.807, 2.05) is 6.08 Å². The van der Waals surface area contributed by atoms with Gasteiger partial charge in [-0.1, -0.05) is 294 Å². The van der Waals surface area contributed by atoms with Crippen LogP contribution in [0.1, 0.15) is 309 Å². The Labute approximate surface area is 463 Å². The van der Waals surface area contributed by atoms with E-state index in [-0.39, 0.29) is 12.5 Å². The molecule has 75 heavy (non-hydrogen) atoms. The molecule has 1 aliphatic rings. The summed E-state index contributed by atoms with van der Waals surface area (Å²) in [6, 6.07) is -0.810. The number of carbonyl (C=O) groups excluding carboxylic acids is 1. The molecule has 1 aliphatic heterocycles. The molecule has 9 nitrogen and oxygen atoms in total. The third-order valence-electron chi connectivity index (χ3n) is 15.4. The van der Waals surface area contributed by atoms with Crippen molar-refractivity contribution < 1.29 is 39.8 Å². The molecule has 0 saturated carbocycles. The molecule has 0 radical (unpaired) electrons. The first-order chi connectivity index (χ1) is 36.8. The zero-order valence-electron chi connectivity index (χ0n) is 49.1. The summed E-state index contributed by atoms with van der Waals surface area (Å²) in [5.41, 5.74) is 0. The van der Waals surface area contributed by atoms with Crippen molar-refractivity contribution in [3.63, 3.8) is 0 Å². The Balaban J connectivity index is 2.18. The largest absolute Gasteiger partial charge is 0.394 e. The average Bonchev–Trinajstić information content (AvgIpc) is 3.41. The van der Waals surface area contributed by atoms with Crippen molar-refractivity contribution in [3.05, 3.63) is 48.6 Å². The van der Waals surface area contributed by atoms with E-state index in [0.29, 0.717) is 6.42 Å². The van der Waals surface area contributed by atoms with Crippen molar-refractivity contribution in [2.45, 2.75) is 352 Å². The van der Waals surface area contributed by atoms with Crippen molar-refractivity contribution in [1.29, 1.82) is 0 Å². The van der Waals surface area contributed by atoms with Gasteiger partial charge in [0.25, 0.3) is 0 Å². The molecule has 440 valence electrons. The first-order valence-electron chi connectivity index (χ1n) is 32.4. The predicted molar refractivity (Wildman–Crippen MR) is 318 cm³/mol. The normalized spacial score (nSPS) is 19.2. The Morgan fingerprint density at radius 2 is 0.787 bits per heavy atom. The highest BCUT2D eigenvalue weighted by atomic mass is 16.7. The fraction of sp³-hybridized carbons (Fsp3) is 0.864. The smallest absolute Gasteiger partial charge is 0.220 e. The number of ether oxygens (including phenoxy) is 2. The summed E-state index contributed by atoms with van der Waals surface area (Å²) in [5, 5.41) is 54.7. The monoisotopic (exact) mass is 1060 g/mol. The predicted octanol–water partition coefficient (Wildman–Crippen LogP) is 16.9. The number of unbranched alkanes of at least 4 members (excludes halogenated alkanes) is 40. The summed E-state index contributed by atoms with van der Waals surface area (Å²) < 4.78 is 11.3. The minimum Gasteiger partial charge on any atom is -0.394 e. The molecule has 1 fully saturated rings. The summed E-state index contributed by atoms with van der Waals surface area (Å²) in [5.74, 6) is -0.178. The number of amides is 1. The highest BCUT2D eigenvalue weighted by Crippen LogP contribution is 2.23. The van der Waals surface area contributed by atoms with Gasteiger partial charge in [0, 0.05) is 6.42 Å². The molecule has 0 aromatic heterocycles. The van der Waals surface area contributed by atoms with Crippen molar-refractivity contribution in [2.24, 2.45) is 0 Å². The number of carbonyl (C=O) groups is 1. The first kappa shape index (κ1) is 71.2. The minimum absolute atomic E-state index is 0.178. The Morgan fingerprint density at radius 1 is 0.453 bits per heavy atom. The molecule has 0 bridgehead atoms. The lowest BCUT2D eigenvalue weighted by molar-refractivity contribution is -0.302. The van der Waals surface area contributed by atoms with E-state index in [1.165, 1.54) is 238 Å². The Morgan fingerprint density at radius 3 is 1.16 bits per heavy atom. The van der Waals surface area contributed by atoms with Crippen LogP contribution in [0.3, 0.4) is 0 Å². The quantitative estimate of drug-likeness (QED) is 0.0261. The van der Waals surface area contributed by atoms with Gasteiger partial charge < -0.3 is 40.3 Å². The molecule has 0 aliphatic carbocycles. The summed E-state index contributed by atoms with van der Waals surface area (Å²) in [6.07, 6.45) is 67.6. The Bertz CT molecular complexity index is 1320. The van der Waals surface area contributed by atoms with Crippen LogP contribution >= 0.6 is 0 Å². The van der Waals surface area contributed by atoms with Gasteiger partial charge in [-0.3, -0.25) is 4.79 Å². The SMILES string of the molecule is CCCCCCC/C=C\C/C=C\C/C=C\CCCCCCCCCCCCC(=O)NC(COC1OC(CO)C(O)C(O)C1O)C(O)/C=C/CCCCCCCCCCCCCCCCCCCCCCCCCCC. The molecule has 7 atom stereocenters. The zero-order chi connectivity index (χ0) is 54.3. The molecule has 1 rings (SSSR count). The standard InChI is InChI=1S/C66H123NO8/c1-3-5-7-9-11-13-15-17-19-21-23-25-27-29-30-32-33-35-37-39-41-43-45-47-49-51-53-55-60(69)59(58-74-66-65(73)64(72)63(71)61(57-68)75-66)67-62(70)56-54-52-50-48-46-44-42-40-38-36-34-31-28-26-24-22-20-18-16-14-12-10-8-6-4-2/h16,18,22,24,28,31,53,55,59-61,63-66,68-69,71-73H,3-15,17,19-21,23,25-27,29-30,32-52,54,56-58H2,1-2H3,(H,67,70)/b18-16-,24-22-,31-28-,55-53+. The molecular weight excluding hydrogens is 935 g/mol. The van der Waals surface area contributed by atoms with Crippen LogP contribution < -0.4 is 5.32 Å². The second-order valence-corrected chi connectivity index (χ2v) is 22.6. The van der Waals surface area contributed by atoms with Crippen molar-refractivity contribution in [3.8, 4) is 0 Å². The average molecular weight is 1060 g/mol. The van der Waals surface area contributed by atoms with E-state index in [4.69, 9.17) is 9.47 Å². The number of hydrogen-bond donors (Lipinski definition) is 6. The molecule has 6 N–H and O–H groups in total. The third kappa shape index (κ3) is 44.7. The molecule has 1 amide bonds. The highest BCUT2D eigenvalue weighted by molar-refractivity contribution is 5.76. The van der Waals surface area contributed by atoms with Gasteiger partial charge in [-0.25, -0.2) is 0 Å². The van der Waals surface area contributed by atoms with Gasteiger partial charge in [0.1, 0.15) is 24.4 Å². The molecule has 0 aromatic rings. The van der Waals surface area contributed by atoms with E-state index in [9.17, 15) is 30.3 Å². The number of allylic oxidation sites excluding steroid dienone is 7. The summed E-state index contributed by atoms with van der Waals surface area (Å²) in [4.78, 5) is 13.1. The molecule has 0 spiro atoms. The maximum Gasteiger partial charge on any atom is 0.220 e. The maximum atomic E-state index is 13.1. The van der Waals surface area contributed by atoms with Crippen LogP contribution in [-0.2, 0) is 14.3 Å². The van der Waals surface area contributed by atoms with Crippen LogP contribution in [0.5, 0.6) is 0 Å². The highest BCUT2D eigenvalue weighted by Gasteiger charge is 2.44. The lowest BCUT2D eigenvalue weighted by atomic mass is 9.99. The van der Waals surface area contributed by atoms with Gasteiger partial charge in [0.2, 0.25) is 5.91 Å². The lowest BCUT2D eigenvalue weighted by Crippen LogP contribution is -2.60. The van der Waals surface area contributed by atoms with E-state index < -0.39 is 49.5 Å². The topological polar surface area (TPSA) is 149 Å². The van der Waals surface area contributed by atoms with E-state index in [1.54, 1.807) is 6.08 Å². The van der Waals surface area contributed by atoms with Crippen molar-refractivity contribution in [2.75, 3.05) is 13.2 Å². The van der Waals surface area contributed by atoms with Gasteiger partial charge in [-0.2, -0.15) is 0 Å². The number of aliphatic hydroxyl groups is 5. The van der Waals surface area contributed by atoms with Gasteiger partial charge in [0.15, 0.2) is 6.29 Å². The fourth-order valence-electron chi connectivity index (χ4n) is 10.3. The number of nitrogens with one attached hydrogen (secondary N) is 1. The summed E-state index contributed by atoms with van der Waals surface area (Å²) in [6.45, 7) is 3.80. The second-order valence-electron chi connectivity index (χ2n) is 22.6. The molecule has 1 heterocycles. The third-order valence-corrected chi connectivity index (χ3v) is 15.4. The fourth-order valence-corrected chi connectivity index (χ4v) is 10.3. The molecular formula is C66H123NO8. The summed E-state index contributed by atoms with van der Waals surface area (Å²) >= 11 is 0. The van der Waals surface area contributed by atoms with Crippen LogP contribution in [0, 0.1) is 0 Å². The van der Waals surface area contributed by atoms with E-state index in [2.05, 4.69) is 55.6 Å². The van der Waals surface area contributed by atoms with Crippen LogP contribution in [0.15, 0.2) is 48.6 Å². The van der Waals surface area contributed by atoms with Crippen LogP contribution in [0.4, 0.5) is 0 Å². The van der Waals surface area contributed by atoms with E-state index >= 15 is 0 Å². The van der Waals surface area contributed by atoms with Gasteiger partial charge in [-0.05, 0) is 57.8 Å². The molecule has 1 saturated heterocycles. The summed E-state index contributed by atoms with van der Waals surface area (Å²) in [7, 11) is 0. The molecule has 9 heteroatoms. The first-order valence-corrected chi connectivity index (χ1v) is 32.4. The van der Waals surface area contributed by atoms with Crippen LogP contribution in [0.25, 0.3) is 0 Å². The second kappa shape index (κ2) is 55.5. The Hall–Kier alpha value is -1.85.